The van der Waals surface area contributed by atoms with Gasteiger partial charge in [-0.2, -0.15) is 0 Å². The molecule has 0 aromatic rings. The number of unbranched alkanes of at least 4 members (excludes halogenated alkanes) is 1. The fourth-order valence-corrected chi connectivity index (χ4v) is 1.20. The molecule has 0 aliphatic heterocycles. The van der Waals surface area contributed by atoms with E-state index in [9.17, 15) is 4.79 Å². The number of rotatable bonds is 8. The van der Waals surface area contributed by atoms with Crippen molar-refractivity contribution in [3.05, 3.63) is 0 Å². The summed E-state index contributed by atoms with van der Waals surface area (Å²) in [6, 6.07) is 0. The molecule has 0 fully saturated rings. The summed E-state index contributed by atoms with van der Waals surface area (Å²) in [6.45, 7) is 3.63. The van der Waals surface area contributed by atoms with Crippen LogP contribution in [0.1, 0.15) is 26.2 Å². The molecule has 0 bridgehead atoms. The molecule has 0 spiro atoms. The summed E-state index contributed by atoms with van der Waals surface area (Å²) in [4.78, 5) is 11.0. The second kappa shape index (κ2) is 9.99. The summed E-state index contributed by atoms with van der Waals surface area (Å²) in [5.41, 5.74) is 0. The van der Waals surface area contributed by atoms with E-state index < -0.39 is 0 Å². The van der Waals surface area contributed by atoms with Crippen molar-refractivity contribution in [3.8, 4) is 0 Å². The third-order valence-electron chi connectivity index (χ3n) is 1.46. The van der Waals surface area contributed by atoms with Crippen LogP contribution >= 0.6 is 15.9 Å². The highest BCUT2D eigenvalue weighted by molar-refractivity contribution is 9.09. The zero-order chi connectivity index (χ0) is 9.94. The summed E-state index contributed by atoms with van der Waals surface area (Å²) in [6.07, 6.45) is 3.07. The molecule has 0 saturated carbocycles. The lowest BCUT2D eigenvalue weighted by atomic mass is 10.3. The molecule has 0 aromatic heterocycles. The van der Waals surface area contributed by atoms with Gasteiger partial charge in [-0.1, -0.05) is 22.9 Å². The minimum Gasteiger partial charge on any atom is -0.372 e. The maximum absolute atomic E-state index is 11.0. The van der Waals surface area contributed by atoms with Crippen LogP contribution in [0, 0.1) is 0 Å². The van der Waals surface area contributed by atoms with Crippen LogP contribution in [0.4, 0.5) is 0 Å². The molecule has 0 aromatic carbocycles. The maximum Gasteiger partial charge on any atom is 0.245 e. The number of halogens is 1. The first kappa shape index (κ1) is 12.9. The van der Waals surface area contributed by atoms with Crippen LogP contribution in [0.2, 0.25) is 0 Å². The minimum absolute atomic E-state index is 0.0111. The first-order chi connectivity index (χ1) is 6.31. The Morgan fingerprint density at radius 2 is 2.23 bits per heavy atom. The number of carbonyl (C=O) groups excluding carboxylic acids is 1. The number of ether oxygens (including phenoxy) is 1. The van der Waals surface area contributed by atoms with Crippen molar-refractivity contribution in [2.75, 3.05) is 25.1 Å². The molecule has 78 valence electrons. The van der Waals surface area contributed by atoms with Gasteiger partial charge in [-0.3, -0.25) is 4.79 Å². The third kappa shape index (κ3) is 9.83. The van der Waals surface area contributed by atoms with Gasteiger partial charge in [0, 0.05) is 18.5 Å². The lowest BCUT2D eigenvalue weighted by Crippen LogP contribution is -2.28. The molecule has 0 aliphatic rings. The van der Waals surface area contributed by atoms with Crippen LogP contribution in [0.5, 0.6) is 0 Å². The number of alkyl halides is 1. The second-order valence-corrected chi connectivity index (χ2v) is 3.59. The van der Waals surface area contributed by atoms with E-state index in [0.717, 1.165) is 31.1 Å². The molecular weight excluding hydrogens is 234 g/mol. The Bertz CT molecular complexity index is 131. The summed E-state index contributed by atoms with van der Waals surface area (Å²) >= 11 is 3.33. The molecule has 4 heteroatoms. The topological polar surface area (TPSA) is 38.3 Å². The van der Waals surface area contributed by atoms with Crippen molar-refractivity contribution < 1.29 is 9.53 Å². The van der Waals surface area contributed by atoms with Crippen LogP contribution in [-0.4, -0.2) is 31.0 Å². The van der Waals surface area contributed by atoms with Crippen molar-refractivity contribution in [2.24, 2.45) is 0 Å². The van der Waals surface area contributed by atoms with Crippen LogP contribution in [-0.2, 0) is 9.53 Å². The summed E-state index contributed by atoms with van der Waals surface area (Å²) in [7, 11) is 0. The molecule has 13 heavy (non-hydrogen) atoms. The zero-order valence-corrected chi connectivity index (χ0v) is 9.73. The largest absolute Gasteiger partial charge is 0.372 e. The van der Waals surface area contributed by atoms with E-state index in [4.69, 9.17) is 4.74 Å². The fourth-order valence-electron chi connectivity index (χ4n) is 0.808. The van der Waals surface area contributed by atoms with Crippen LogP contribution in [0.15, 0.2) is 0 Å². The Morgan fingerprint density at radius 3 is 2.85 bits per heavy atom. The quantitative estimate of drug-likeness (QED) is 0.527. The van der Waals surface area contributed by atoms with Crippen molar-refractivity contribution in [1.29, 1.82) is 0 Å². The molecule has 0 rings (SSSR count). The van der Waals surface area contributed by atoms with Gasteiger partial charge in [0.2, 0.25) is 5.91 Å². The minimum atomic E-state index is -0.0111. The van der Waals surface area contributed by atoms with Gasteiger partial charge in [0.15, 0.2) is 0 Å². The van der Waals surface area contributed by atoms with Crippen molar-refractivity contribution >= 4 is 21.8 Å². The van der Waals surface area contributed by atoms with E-state index in [1.165, 1.54) is 0 Å². The average Bonchev–Trinajstić information content (AvgIpc) is 2.13. The van der Waals surface area contributed by atoms with Gasteiger partial charge < -0.3 is 10.1 Å². The smallest absolute Gasteiger partial charge is 0.245 e. The van der Waals surface area contributed by atoms with Crippen molar-refractivity contribution in [3.63, 3.8) is 0 Å². The molecular formula is C9H18BrNO2. The monoisotopic (exact) mass is 251 g/mol. The molecule has 0 atom stereocenters. The van der Waals surface area contributed by atoms with Gasteiger partial charge in [-0.25, -0.2) is 0 Å². The van der Waals surface area contributed by atoms with Crippen LogP contribution in [0.25, 0.3) is 0 Å². The van der Waals surface area contributed by atoms with Crippen molar-refractivity contribution in [1.82, 2.24) is 5.32 Å². The predicted octanol–water partition coefficient (Wildman–Crippen LogP) is 1.70. The van der Waals surface area contributed by atoms with Gasteiger partial charge in [0.25, 0.3) is 0 Å². The van der Waals surface area contributed by atoms with E-state index in [0.29, 0.717) is 6.61 Å². The highest BCUT2D eigenvalue weighted by Gasteiger charge is 1.98. The molecule has 0 unspecified atom stereocenters. The lowest BCUT2D eigenvalue weighted by Gasteiger charge is -2.04. The number of carbonyl (C=O) groups is 1. The maximum atomic E-state index is 11.0. The summed E-state index contributed by atoms with van der Waals surface area (Å²) in [5.74, 6) is -0.0111. The Balaban J connectivity index is 3.11. The van der Waals surface area contributed by atoms with E-state index in [2.05, 4.69) is 21.2 Å². The molecule has 3 nitrogen and oxygen atoms in total. The molecule has 0 saturated heterocycles. The molecule has 1 amide bonds. The normalized spacial score (nSPS) is 10.0. The number of amides is 1. The fraction of sp³-hybridized carbons (Fsp3) is 0.889. The Labute approximate surface area is 88.4 Å². The number of hydrogen-bond donors (Lipinski definition) is 1. The van der Waals surface area contributed by atoms with Crippen molar-refractivity contribution in [2.45, 2.75) is 26.2 Å². The highest BCUT2D eigenvalue weighted by atomic mass is 79.9. The van der Waals surface area contributed by atoms with Crippen LogP contribution in [0.3, 0.4) is 0 Å². The average molecular weight is 252 g/mol. The van der Waals surface area contributed by atoms with Gasteiger partial charge >= 0.3 is 0 Å². The van der Waals surface area contributed by atoms with Gasteiger partial charge in [-0.15, -0.1) is 0 Å². The van der Waals surface area contributed by atoms with Crippen LogP contribution < -0.4 is 5.32 Å². The summed E-state index contributed by atoms with van der Waals surface area (Å²) < 4.78 is 5.08. The lowest BCUT2D eigenvalue weighted by molar-refractivity contribution is -0.125. The van der Waals surface area contributed by atoms with E-state index in [1.54, 1.807) is 0 Å². The third-order valence-corrected chi connectivity index (χ3v) is 2.02. The Morgan fingerprint density at radius 1 is 1.46 bits per heavy atom. The van der Waals surface area contributed by atoms with E-state index in [1.807, 2.05) is 6.92 Å². The number of nitrogens with one attached hydrogen (secondary N) is 1. The molecule has 0 radical (unpaired) electrons. The standard InChI is InChI=1S/C9H18BrNO2/c1-2-7-13-8-9(12)11-6-4-3-5-10/h2-8H2,1H3,(H,11,12). The predicted molar refractivity (Wildman–Crippen MR) is 57.1 cm³/mol. The molecule has 0 aliphatic carbocycles. The Hall–Kier alpha value is -0.0900. The first-order valence-electron chi connectivity index (χ1n) is 4.71. The van der Waals surface area contributed by atoms with Gasteiger partial charge in [0.1, 0.15) is 6.61 Å². The van der Waals surface area contributed by atoms with Gasteiger partial charge in [-0.05, 0) is 19.3 Å². The Kier molecular flexibility index (Phi) is 9.92. The molecule has 1 N–H and O–H groups in total. The second-order valence-electron chi connectivity index (χ2n) is 2.80. The summed E-state index contributed by atoms with van der Waals surface area (Å²) in [5, 5.41) is 3.79. The zero-order valence-electron chi connectivity index (χ0n) is 8.14. The number of hydrogen-bond acceptors (Lipinski definition) is 2. The first-order valence-corrected chi connectivity index (χ1v) is 5.83. The highest BCUT2D eigenvalue weighted by Crippen LogP contribution is 1.91. The van der Waals surface area contributed by atoms with E-state index >= 15 is 0 Å². The van der Waals surface area contributed by atoms with Gasteiger partial charge in [0.05, 0.1) is 0 Å². The molecule has 0 heterocycles. The SMILES string of the molecule is CCCOCC(=O)NCCCCBr. The van der Waals surface area contributed by atoms with E-state index in [-0.39, 0.29) is 12.5 Å².